The third-order valence-corrected chi connectivity index (χ3v) is 1.95. The molecule has 0 fully saturated rings. The second-order valence-electron chi connectivity index (χ2n) is 3.56. The van der Waals surface area contributed by atoms with Crippen LogP contribution in [0.15, 0.2) is 12.7 Å². The monoisotopic (exact) mass is 239 g/mol. The lowest BCUT2D eigenvalue weighted by molar-refractivity contribution is -0.173. The number of unbranched alkanes of at least 4 members (excludes halogenated alkanes) is 3. The summed E-state index contributed by atoms with van der Waals surface area (Å²) in [5.41, 5.74) is 0. The number of hydrogen-bond acceptors (Lipinski definition) is 2. The Balaban J connectivity index is 3.01. The van der Waals surface area contributed by atoms with Gasteiger partial charge < -0.3 is 10.1 Å². The summed E-state index contributed by atoms with van der Waals surface area (Å²) in [6, 6.07) is 0. The molecule has 0 unspecified atom stereocenters. The summed E-state index contributed by atoms with van der Waals surface area (Å²) in [5, 5.41) is 3.03. The quantitative estimate of drug-likeness (QED) is 0.467. The van der Waals surface area contributed by atoms with E-state index >= 15 is 0 Å². The highest BCUT2D eigenvalue weighted by atomic mass is 19.4. The van der Waals surface area contributed by atoms with Crippen LogP contribution >= 0.6 is 0 Å². The van der Waals surface area contributed by atoms with E-state index in [0.29, 0.717) is 6.54 Å². The van der Waals surface area contributed by atoms with Gasteiger partial charge in [0.05, 0.1) is 6.61 Å². The third-order valence-electron chi connectivity index (χ3n) is 1.95. The summed E-state index contributed by atoms with van der Waals surface area (Å²) >= 11 is 0. The molecule has 0 saturated heterocycles. The van der Waals surface area contributed by atoms with Crippen LogP contribution in [-0.2, 0) is 4.74 Å². The van der Waals surface area contributed by atoms with E-state index < -0.39 is 12.8 Å². The summed E-state index contributed by atoms with van der Waals surface area (Å²) in [7, 11) is 0. The van der Waals surface area contributed by atoms with Gasteiger partial charge in [-0.3, -0.25) is 0 Å². The first-order valence-corrected chi connectivity index (χ1v) is 5.52. The second kappa shape index (κ2) is 9.66. The van der Waals surface area contributed by atoms with Gasteiger partial charge >= 0.3 is 6.18 Å². The predicted octanol–water partition coefficient (Wildman–Crippen LogP) is 2.90. The highest BCUT2D eigenvalue weighted by Gasteiger charge is 2.27. The van der Waals surface area contributed by atoms with Crippen molar-refractivity contribution in [2.75, 3.05) is 26.3 Å². The molecule has 0 bridgehead atoms. The summed E-state index contributed by atoms with van der Waals surface area (Å²) in [6.07, 6.45) is 1.96. The van der Waals surface area contributed by atoms with Crippen LogP contribution in [0.2, 0.25) is 0 Å². The zero-order valence-corrected chi connectivity index (χ0v) is 9.48. The zero-order chi connectivity index (χ0) is 12.3. The van der Waals surface area contributed by atoms with Gasteiger partial charge in [-0.2, -0.15) is 13.2 Å². The fraction of sp³-hybridized carbons (Fsp3) is 0.818. The lowest BCUT2D eigenvalue weighted by atomic mass is 10.2. The van der Waals surface area contributed by atoms with Crippen molar-refractivity contribution in [1.29, 1.82) is 0 Å². The van der Waals surface area contributed by atoms with E-state index in [4.69, 9.17) is 0 Å². The molecule has 0 spiro atoms. The predicted molar refractivity (Wildman–Crippen MR) is 58.4 cm³/mol. The van der Waals surface area contributed by atoms with Gasteiger partial charge in [-0.05, 0) is 25.8 Å². The van der Waals surface area contributed by atoms with Crippen LogP contribution in [-0.4, -0.2) is 32.5 Å². The number of rotatable bonds is 10. The second-order valence-corrected chi connectivity index (χ2v) is 3.56. The number of ether oxygens (including phenoxy) is 1. The molecule has 2 nitrogen and oxygen atoms in total. The Morgan fingerprint density at radius 3 is 2.50 bits per heavy atom. The normalized spacial score (nSPS) is 11.7. The van der Waals surface area contributed by atoms with Gasteiger partial charge in [-0.15, -0.1) is 6.58 Å². The van der Waals surface area contributed by atoms with Gasteiger partial charge in [0, 0.05) is 6.54 Å². The van der Waals surface area contributed by atoms with Crippen molar-refractivity contribution < 1.29 is 17.9 Å². The Morgan fingerprint density at radius 1 is 1.12 bits per heavy atom. The lowest BCUT2D eigenvalue weighted by Crippen LogP contribution is -2.24. The highest BCUT2D eigenvalue weighted by molar-refractivity contribution is 4.65. The lowest BCUT2D eigenvalue weighted by Gasteiger charge is -2.08. The maximum atomic E-state index is 11.7. The molecule has 0 saturated carbocycles. The van der Waals surface area contributed by atoms with Crippen molar-refractivity contribution in [3.8, 4) is 0 Å². The van der Waals surface area contributed by atoms with Gasteiger partial charge in [-0.25, -0.2) is 0 Å². The molecule has 0 rings (SSSR count). The van der Waals surface area contributed by atoms with Gasteiger partial charge in [-0.1, -0.05) is 12.5 Å². The maximum absolute atomic E-state index is 11.7. The Kier molecular flexibility index (Phi) is 9.33. The fourth-order valence-corrected chi connectivity index (χ4v) is 1.17. The Bertz CT molecular complexity index is 171. The van der Waals surface area contributed by atoms with Crippen LogP contribution in [0.1, 0.15) is 25.7 Å². The molecule has 16 heavy (non-hydrogen) atoms. The van der Waals surface area contributed by atoms with Crippen molar-refractivity contribution in [3.63, 3.8) is 0 Å². The molecule has 0 aliphatic heterocycles. The maximum Gasteiger partial charge on any atom is 0.411 e. The molecular formula is C11H20F3NO. The van der Waals surface area contributed by atoms with E-state index in [2.05, 4.69) is 16.6 Å². The van der Waals surface area contributed by atoms with Crippen molar-refractivity contribution >= 4 is 0 Å². The van der Waals surface area contributed by atoms with Crippen LogP contribution in [0.4, 0.5) is 13.2 Å². The van der Waals surface area contributed by atoms with Crippen LogP contribution in [0.5, 0.6) is 0 Å². The molecule has 0 aromatic rings. The molecule has 1 N–H and O–H groups in total. The molecule has 0 atom stereocenters. The first-order chi connectivity index (χ1) is 7.56. The van der Waals surface area contributed by atoms with E-state index in [9.17, 15) is 13.2 Å². The molecule has 0 heterocycles. The van der Waals surface area contributed by atoms with E-state index in [1.165, 1.54) is 0 Å². The summed E-state index contributed by atoms with van der Waals surface area (Å²) in [5.74, 6) is 0. The molecule has 0 aliphatic rings. The summed E-state index contributed by atoms with van der Waals surface area (Å²) in [4.78, 5) is 0. The zero-order valence-electron chi connectivity index (χ0n) is 9.48. The van der Waals surface area contributed by atoms with Crippen LogP contribution in [0.25, 0.3) is 0 Å². The number of alkyl halides is 3. The van der Waals surface area contributed by atoms with Crippen molar-refractivity contribution in [2.24, 2.45) is 0 Å². The van der Waals surface area contributed by atoms with Crippen molar-refractivity contribution in [1.82, 2.24) is 5.32 Å². The number of nitrogens with one attached hydrogen (secondary N) is 1. The molecule has 0 aromatic heterocycles. The first kappa shape index (κ1) is 15.4. The minimum absolute atomic E-state index is 0.103. The number of halogens is 3. The van der Waals surface area contributed by atoms with Gasteiger partial charge in [0.25, 0.3) is 0 Å². The topological polar surface area (TPSA) is 21.3 Å². The number of allylic oxidation sites excluding steroid dienone is 1. The molecule has 96 valence electrons. The SMILES string of the molecule is C=CCCCCCNCCOCC(F)(F)F. The molecule has 5 heteroatoms. The highest BCUT2D eigenvalue weighted by Crippen LogP contribution is 2.13. The van der Waals surface area contributed by atoms with Gasteiger partial charge in [0.15, 0.2) is 0 Å². The van der Waals surface area contributed by atoms with Crippen molar-refractivity contribution in [2.45, 2.75) is 31.9 Å². The van der Waals surface area contributed by atoms with Crippen LogP contribution in [0, 0.1) is 0 Å². The van der Waals surface area contributed by atoms with E-state index in [1.54, 1.807) is 0 Å². The van der Waals surface area contributed by atoms with Gasteiger partial charge in [0.1, 0.15) is 6.61 Å². The summed E-state index contributed by atoms with van der Waals surface area (Å²) < 4.78 is 39.4. The Morgan fingerprint density at radius 2 is 1.88 bits per heavy atom. The Hall–Kier alpha value is -0.550. The minimum Gasteiger partial charge on any atom is -0.371 e. The molecular weight excluding hydrogens is 219 g/mol. The first-order valence-electron chi connectivity index (χ1n) is 5.52. The number of hydrogen-bond donors (Lipinski definition) is 1. The molecule has 0 amide bonds. The third kappa shape index (κ3) is 13.4. The summed E-state index contributed by atoms with van der Waals surface area (Å²) in [6.45, 7) is 3.86. The molecule has 0 radical (unpaired) electrons. The molecule has 0 aliphatic carbocycles. The van der Waals surface area contributed by atoms with Crippen molar-refractivity contribution in [3.05, 3.63) is 12.7 Å². The average Bonchev–Trinajstić information content (AvgIpc) is 2.19. The van der Waals surface area contributed by atoms with Crippen LogP contribution < -0.4 is 5.32 Å². The Labute approximate surface area is 94.9 Å². The van der Waals surface area contributed by atoms with E-state index in [-0.39, 0.29) is 6.61 Å². The average molecular weight is 239 g/mol. The van der Waals surface area contributed by atoms with E-state index in [0.717, 1.165) is 32.2 Å². The largest absolute Gasteiger partial charge is 0.411 e. The van der Waals surface area contributed by atoms with Crippen LogP contribution in [0.3, 0.4) is 0 Å². The standard InChI is InChI=1S/C11H20F3NO/c1-2-3-4-5-6-7-15-8-9-16-10-11(12,13)14/h2,15H,1,3-10H2. The molecule has 0 aromatic carbocycles. The fourth-order valence-electron chi connectivity index (χ4n) is 1.17. The minimum atomic E-state index is -4.22. The van der Waals surface area contributed by atoms with Gasteiger partial charge in [0.2, 0.25) is 0 Å². The smallest absolute Gasteiger partial charge is 0.371 e. The van der Waals surface area contributed by atoms with E-state index in [1.807, 2.05) is 6.08 Å².